The maximum atomic E-state index is 12.0. The third kappa shape index (κ3) is 8.01. The monoisotopic (exact) mass is 384 g/mol. The predicted molar refractivity (Wildman–Crippen MR) is 98.7 cm³/mol. The summed E-state index contributed by atoms with van der Waals surface area (Å²) in [5, 5.41) is 0. The van der Waals surface area contributed by atoms with Gasteiger partial charge in [-0.25, -0.2) is 0 Å². The molecule has 0 bridgehead atoms. The van der Waals surface area contributed by atoms with Gasteiger partial charge in [-0.1, -0.05) is 20.8 Å². The van der Waals surface area contributed by atoms with Gasteiger partial charge in [0.25, 0.3) is 0 Å². The molecule has 0 spiro atoms. The van der Waals surface area contributed by atoms with Crippen LogP contribution in [0.2, 0.25) is 0 Å². The molecule has 1 fully saturated rings. The van der Waals surface area contributed by atoms with Gasteiger partial charge in [-0.3, -0.25) is 14.4 Å². The van der Waals surface area contributed by atoms with Crippen molar-refractivity contribution in [3.63, 3.8) is 0 Å². The van der Waals surface area contributed by atoms with Crippen LogP contribution < -0.4 is 0 Å². The second kappa shape index (κ2) is 12.4. The van der Waals surface area contributed by atoms with E-state index in [9.17, 15) is 14.4 Å². The second-order valence-corrected chi connectivity index (χ2v) is 6.52. The molecule has 0 saturated carbocycles. The van der Waals surface area contributed by atoms with E-state index in [0.29, 0.717) is 31.4 Å². The highest BCUT2D eigenvalue weighted by molar-refractivity contribution is 5.71. The molecule has 27 heavy (non-hydrogen) atoms. The van der Waals surface area contributed by atoms with Crippen LogP contribution in [0.5, 0.6) is 0 Å². The molecule has 7 heteroatoms. The fourth-order valence-corrected chi connectivity index (χ4v) is 2.75. The molecular weight excluding hydrogens is 352 g/mol. The van der Waals surface area contributed by atoms with Crippen LogP contribution in [0.15, 0.2) is 11.8 Å². The van der Waals surface area contributed by atoms with E-state index < -0.39 is 18.3 Å². The summed E-state index contributed by atoms with van der Waals surface area (Å²) in [7, 11) is 0. The average Bonchev–Trinajstić information content (AvgIpc) is 2.75. The van der Waals surface area contributed by atoms with E-state index in [1.165, 1.54) is 0 Å². The van der Waals surface area contributed by atoms with E-state index in [4.69, 9.17) is 18.9 Å². The molecule has 0 radical (unpaired) electrons. The van der Waals surface area contributed by atoms with Gasteiger partial charge in [0.05, 0.1) is 0 Å². The molecule has 0 aromatic carbocycles. The number of carbonyl (C=O) groups excluding carboxylic acids is 3. The standard InChI is InChI=1S/C20H32O7/c1-5-9-18(21)25-15-12-16(26-19(22)10-6-2)17(13-24-14(15)8-4)27-20(23)11-7-3/h8,15-17H,5-7,9-13H2,1-4H3/b14-8+/t15-,16-,17+/m0/s1. The Hall–Kier alpha value is -2.05. The third-order valence-corrected chi connectivity index (χ3v) is 4.08. The number of carbonyl (C=O) groups is 3. The van der Waals surface area contributed by atoms with E-state index >= 15 is 0 Å². The third-order valence-electron chi connectivity index (χ3n) is 4.08. The summed E-state index contributed by atoms with van der Waals surface area (Å²) in [6.07, 6.45) is 2.56. The Balaban J connectivity index is 2.98. The van der Waals surface area contributed by atoms with Crippen LogP contribution in [-0.2, 0) is 33.3 Å². The summed E-state index contributed by atoms with van der Waals surface area (Å²) in [6, 6.07) is 0. The molecule has 1 aliphatic heterocycles. The van der Waals surface area contributed by atoms with Gasteiger partial charge in [-0.05, 0) is 32.3 Å². The van der Waals surface area contributed by atoms with E-state index in [2.05, 4.69) is 0 Å². The molecule has 0 amide bonds. The lowest BCUT2D eigenvalue weighted by Gasteiger charge is -2.25. The quantitative estimate of drug-likeness (QED) is 0.444. The first-order chi connectivity index (χ1) is 12.9. The Morgan fingerprint density at radius 3 is 1.85 bits per heavy atom. The molecule has 1 rings (SSSR count). The zero-order chi connectivity index (χ0) is 20.2. The van der Waals surface area contributed by atoms with Crippen molar-refractivity contribution in [1.82, 2.24) is 0 Å². The molecule has 0 N–H and O–H groups in total. The van der Waals surface area contributed by atoms with E-state index in [1.54, 1.807) is 13.0 Å². The fraction of sp³-hybridized carbons (Fsp3) is 0.750. The number of esters is 3. The van der Waals surface area contributed by atoms with Crippen LogP contribution in [0.4, 0.5) is 0 Å². The lowest BCUT2D eigenvalue weighted by molar-refractivity contribution is -0.171. The Kier molecular flexibility index (Phi) is 10.5. The Morgan fingerprint density at radius 2 is 1.37 bits per heavy atom. The van der Waals surface area contributed by atoms with Crippen LogP contribution in [0, 0.1) is 0 Å². The SMILES string of the molecule is C/C=C1/OC[C@@H](OC(=O)CCC)[C@@H](OC(=O)CCC)C[C@@H]1OC(=O)CCC. The van der Waals surface area contributed by atoms with Crippen LogP contribution in [0.25, 0.3) is 0 Å². The first kappa shape index (κ1) is 23.0. The van der Waals surface area contributed by atoms with Gasteiger partial charge >= 0.3 is 17.9 Å². The summed E-state index contributed by atoms with van der Waals surface area (Å²) in [6.45, 7) is 7.47. The fourth-order valence-electron chi connectivity index (χ4n) is 2.75. The smallest absolute Gasteiger partial charge is 0.306 e. The topological polar surface area (TPSA) is 88.1 Å². The number of allylic oxidation sites excluding steroid dienone is 1. The predicted octanol–water partition coefficient (Wildman–Crippen LogP) is 3.45. The van der Waals surface area contributed by atoms with Crippen molar-refractivity contribution < 1.29 is 33.3 Å². The van der Waals surface area contributed by atoms with Crippen molar-refractivity contribution in [3.05, 3.63) is 11.8 Å². The molecule has 3 atom stereocenters. The molecular formula is C20H32O7. The molecule has 0 aliphatic carbocycles. The van der Waals surface area contributed by atoms with Crippen LogP contribution in [-0.4, -0.2) is 42.8 Å². The molecule has 1 heterocycles. The second-order valence-electron chi connectivity index (χ2n) is 6.52. The largest absolute Gasteiger partial charge is 0.490 e. The minimum Gasteiger partial charge on any atom is -0.490 e. The highest BCUT2D eigenvalue weighted by Gasteiger charge is 2.38. The van der Waals surface area contributed by atoms with Crippen LogP contribution >= 0.6 is 0 Å². The number of hydrogen-bond acceptors (Lipinski definition) is 7. The van der Waals surface area contributed by atoms with Gasteiger partial charge in [0.1, 0.15) is 18.5 Å². The Morgan fingerprint density at radius 1 is 0.889 bits per heavy atom. The molecule has 0 unspecified atom stereocenters. The first-order valence-corrected chi connectivity index (χ1v) is 9.82. The summed E-state index contributed by atoms with van der Waals surface area (Å²) < 4.78 is 22.3. The lowest BCUT2D eigenvalue weighted by Crippen LogP contribution is -2.38. The van der Waals surface area contributed by atoms with Crippen molar-refractivity contribution >= 4 is 17.9 Å². The highest BCUT2D eigenvalue weighted by Crippen LogP contribution is 2.26. The van der Waals surface area contributed by atoms with E-state index in [0.717, 1.165) is 0 Å². The molecule has 0 aromatic heterocycles. The average molecular weight is 384 g/mol. The van der Waals surface area contributed by atoms with Gasteiger partial charge in [0.2, 0.25) is 0 Å². The van der Waals surface area contributed by atoms with Crippen LogP contribution in [0.1, 0.15) is 72.6 Å². The zero-order valence-corrected chi connectivity index (χ0v) is 16.8. The van der Waals surface area contributed by atoms with Gasteiger partial charge in [0, 0.05) is 25.7 Å². The van der Waals surface area contributed by atoms with Gasteiger partial charge in [-0.15, -0.1) is 0 Å². The summed E-state index contributed by atoms with van der Waals surface area (Å²) >= 11 is 0. The van der Waals surface area contributed by atoms with Crippen molar-refractivity contribution in [2.75, 3.05) is 6.61 Å². The maximum Gasteiger partial charge on any atom is 0.306 e. The first-order valence-electron chi connectivity index (χ1n) is 9.82. The van der Waals surface area contributed by atoms with Crippen molar-refractivity contribution in [1.29, 1.82) is 0 Å². The van der Waals surface area contributed by atoms with E-state index in [-0.39, 0.29) is 43.8 Å². The minimum absolute atomic E-state index is 0.0427. The molecule has 7 nitrogen and oxygen atoms in total. The number of ether oxygens (including phenoxy) is 4. The van der Waals surface area contributed by atoms with Gasteiger partial charge < -0.3 is 18.9 Å². The van der Waals surface area contributed by atoms with Crippen LogP contribution in [0.3, 0.4) is 0 Å². The Labute approximate surface area is 161 Å². The maximum absolute atomic E-state index is 12.0. The zero-order valence-electron chi connectivity index (χ0n) is 16.8. The number of hydrogen-bond donors (Lipinski definition) is 0. The van der Waals surface area contributed by atoms with Gasteiger partial charge in [-0.2, -0.15) is 0 Å². The van der Waals surface area contributed by atoms with E-state index in [1.807, 2.05) is 20.8 Å². The van der Waals surface area contributed by atoms with Crippen molar-refractivity contribution in [2.45, 2.75) is 91.0 Å². The Bertz CT molecular complexity index is 526. The molecule has 154 valence electrons. The summed E-state index contributed by atoms with van der Waals surface area (Å²) in [4.78, 5) is 36.0. The summed E-state index contributed by atoms with van der Waals surface area (Å²) in [5.41, 5.74) is 0. The van der Waals surface area contributed by atoms with Crippen molar-refractivity contribution in [3.8, 4) is 0 Å². The minimum atomic E-state index is -0.741. The molecule has 0 aromatic rings. The summed E-state index contributed by atoms with van der Waals surface area (Å²) in [5.74, 6) is -0.608. The number of rotatable bonds is 9. The normalized spacial score (nSPS) is 23.9. The van der Waals surface area contributed by atoms with Gasteiger partial charge in [0.15, 0.2) is 12.2 Å². The van der Waals surface area contributed by atoms with Crippen molar-refractivity contribution in [2.24, 2.45) is 0 Å². The molecule has 1 aliphatic rings. The lowest BCUT2D eigenvalue weighted by atomic mass is 10.1. The molecule has 1 saturated heterocycles. The highest BCUT2D eigenvalue weighted by atomic mass is 16.6.